The summed E-state index contributed by atoms with van der Waals surface area (Å²) in [5.74, 6) is -2.13. The van der Waals surface area contributed by atoms with E-state index in [4.69, 9.17) is 5.26 Å². The lowest BCUT2D eigenvalue weighted by molar-refractivity contribution is 0.0946. The van der Waals surface area contributed by atoms with Gasteiger partial charge in [0.25, 0.3) is 5.91 Å². The van der Waals surface area contributed by atoms with Crippen molar-refractivity contribution in [2.75, 3.05) is 0 Å². The van der Waals surface area contributed by atoms with E-state index in [2.05, 4.69) is 5.32 Å². The predicted octanol–water partition coefficient (Wildman–Crippen LogP) is 2.77. The first kappa shape index (κ1) is 13.7. The van der Waals surface area contributed by atoms with Gasteiger partial charge in [0.2, 0.25) is 0 Å². The standard InChI is InChI=1S/C15H10F2N2O/c16-12-5-6-14(17)13(7-12)15(20)19-9-11-3-1-10(8-18)2-4-11/h1-7H,9H2,(H,19,20). The van der Waals surface area contributed by atoms with Gasteiger partial charge in [0.15, 0.2) is 0 Å². The molecule has 3 nitrogen and oxygen atoms in total. The molecule has 0 saturated heterocycles. The highest BCUT2D eigenvalue weighted by Gasteiger charge is 2.12. The SMILES string of the molecule is N#Cc1ccc(CNC(=O)c2cc(F)ccc2F)cc1. The molecule has 100 valence electrons. The zero-order valence-electron chi connectivity index (χ0n) is 10.4. The quantitative estimate of drug-likeness (QED) is 0.934. The van der Waals surface area contributed by atoms with Gasteiger partial charge in [-0.15, -0.1) is 0 Å². The second-order valence-electron chi connectivity index (χ2n) is 4.12. The third-order valence-corrected chi connectivity index (χ3v) is 2.71. The van der Waals surface area contributed by atoms with Gasteiger partial charge in [-0.2, -0.15) is 5.26 Å². The van der Waals surface area contributed by atoms with E-state index in [-0.39, 0.29) is 12.1 Å². The van der Waals surface area contributed by atoms with E-state index < -0.39 is 17.5 Å². The summed E-state index contributed by atoms with van der Waals surface area (Å²) in [7, 11) is 0. The van der Waals surface area contributed by atoms with Crippen molar-refractivity contribution in [1.82, 2.24) is 5.32 Å². The van der Waals surface area contributed by atoms with Crippen molar-refractivity contribution in [2.24, 2.45) is 0 Å². The van der Waals surface area contributed by atoms with Crippen LogP contribution < -0.4 is 5.32 Å². The fourth-order valence-electron chi connectivity index (χ4n) is 1.65. The van der Waals surface area contributed by atoms with Gasteiger partial charge in [0.1, 0.15) is 11.6 Å². The largest absolute Gasteiger partial charge is 0.348 e. The minimum absolute atomic E-state index is 0.167. The molecule has 0 spiro atoms. The van der Waals surface area contributed by atoms with Crippen LogP contribution in [-0.4, -0.2) is 5.91 Å². The highest BCUT2D eigenvalue weighted by molar-refractivity contribution is 5.94. The van der Waals surface area contributed by atoms with Gasteiger partial charge in [0.05, 0.1) is 17.2 Å². The first-order valence-electron chi connectivity index (χ1n) is 5.82. The summed E-state index contributed by atoms with van der Waals surface area (Å²) in [5.41, 5.74) is 0.934. The number of hydrogen-bond acceptors (Lipinski definition) is 2. The van der Waals surface area contributed by atoms with Gasteiger partial charge in [0, 0.05) is 6.54 Å². The maximum absolute atomic E-state index is 13.4. The average Bonchev–Trinajstić information content (AvgIpc) is 2.47. The van der Waals surface area contributed by atoms with E-state index >= 15 is 0 Å². The molecule has 2 aromatic carbocycles. The van der Waals surface area contributed by atoms with Crippen LogP contribution in [-0.2, 0) is 6.54 Å². The Bertz CT molecular complexity index is 675. The Kier molecular flexibility index (Phi) is 4.06. The maximum atomic E-state index is 13.4. The van der Waals surface area contributed by atoms with Gasteiger partial charge in [-0.3, -0.25) is 4.79 Å². The normalized spacial score (nSPS) is 9.85. The van der Waals surface area contributed by atoms with Crippen molar-refractivity contribution in [1.29, 1.82) is 5.26 Å². The lowest BCUT2D eigenvalue weighted by atomic mass is 10.1. The highest BCUT2D eigenvalue weighted by atomic mass is 19.1. The van der Waals surface area contributed by atoms with Crippen molar-refractivity contribution >= 4 is 5.91 Å². The monoisotopic (exact) mass is 272 g/mol. The Labute approximate surface area is 114 Å². The van der Waals surface area contributed by atoms with Crippen LogP contribution in [0.15, 0.2) is 42.5 Å². The van der Waals surface area contributed by atoms with E-state index in [9.17, 15) is 13.6 Å². The summed E-state index contributed by atoms with van der Waals surface area (Å²) in [4.78, 5) is 11.7. The van der Waals surface area contributed by atoms with Crippen molar-refractivity contribution in [3.63, 3.8) is 0 Å². The molecule has 0 aliphatic rings. The number of carbonyl (C=O) groups is 1. The van der Waals surface area contributed by atoms with Crippen molar-refractivity contribution in [3.05, 3.63) is 70.8 Å². The molecule has 20 heavy (non-hydrogen) atoms. The number of rotatable bonds is 3. The number of hydrogen-bond donors (Lipinski definition) is 1. The summed E-state index contributed by atoms with van der Waals surface area (Å²) in [6.07, 6.45) is 0. The maximum Gasteiger partial charge on any atom is 0.254 e. The molecule has 0 bridgehead atoms. The zero-order valence-corrected chi connectivity index (χ0v) is 10.4. The summed E-state index contributed by atoms with van der Waals surface area (Å²) < 4.78 is 26.4. The third kappa shape index (κ3) is 3.18. The molecule has 0 atom stereocenters. The van der Waals surface area contributed by atoms with E-state index in [0.29, 0.717) is 5.56 Å². The van der Waals surface area contributed by atoms with Crippen LogP contribution in [0.3, 0.4) is 0 Å². The first-order valence-corrected chi connectivity index (χ1v) is 5.82. The van der Waals surface area contributed by atoms with Crippen LogP contribution in [0.4, 0.5) is 8.78 Å². The Morgan fingerprint density at radius 2 is 1.85 bits per heavy atom. The molecule has 2 aromatic rings. The van der Waals surface area contributed by atoms with Crippen molar-refractivity contribution in [3.8, 4) is 6.07 Å². The van der Waals surface area contributed by atoms with Gasteiger partial charge < -0.3 is 5.32 Å². The second kappa shape index (κ2) is 5.93. The Hall–Kier alpha value is -2.74. The molecule has 0 aromatic heterocycles. The Morgan fingerprint density at radius 1 is 1.15 bits per heavy atom. The van der Waals surface area contributed by atoms with E-state index in [1.165, 1.54) is 0 Å². The molecule has 0 radical (unpaired) electrons. The van der Waals surface area contributed by atoms with Crippen molar-refractivity contribution in [2.45, 2.75) is 6.54 Å². The topological polar surface area (TPSA) is 52.9 Å². The molecule has 0 unspecified atom stereocenters. The Balaban J connectivity index is 2.04. The van der Waals surface area contributed by atoms with E-state index in [0.717, 1.165) is 23.8 Å². The van der Waals surface area contributed by atoms with Crippen molar-refractivity contribution < 1.29 is 13.6 Å². The van der Waals surface area contributed by atoms with Crippen LogP contribution in [0.2, 0.25) is 0 Å². The first-order chi connectivity index (χ1) is 9.60. The molecular weight excluding hydrogens is 262 g/mol. The molecule has 0 aliphatic carbocycles. The number of amides is 1. The number of carbonyl (C=O) groups excluding carboxylic acids is 1. The minimum atomic E-state index is -0.774. The minimum Gasteiger partial charge on any atom is -0.348 e. The fourth-order valence-corrected chi connectivity index (χ4v) is 1.65. The smallest absolute Gasteiger partial charge is 0.254 e. The number of nitrogens with zero attached hydrogens (tertiary/aromatic N) is 1. The average molecular weight is 272 g/mol. The molecule has 0 saturated carbocycles. The fraction of sp³-hybridized carbons (Fsp3) is 0.0667. The number of halogens is 2. The molecular formula is C15H10F2N2O. The molecule has 0 fully saturated rings. The summed E-state index contributed by atoms with van der Waals surface area (Å²) in [6, 6.07) is 11.3. The van der Waals surface area contributed by atoms with Gasteiger partial charge in [-0.1, -0.05) is 12.1 Å². The Morgan fingerprint density at radius 3 is 2.50 bits per heavy atom. The summed E-state index contributed by atoms with van der Waals surface area (Å²) in [6.45, 7) is 0.167. The molecule has 2 rings (SSSR count). The lowest BCUT2D eigenvalue weighted by Gasteiger charge is -2.06. The predicted molar refractivity (Wildman–Crippen MR) is 68.7 cm³/mol. The molecule has 5 heteroatoms. The van der Waals surface area contributed by atoms with Gasteiger partial charge in [-0.05, 0) is 35.9 Å². The van der Waals surface area contributed by atoms with Crippen LogP contribution in [0.5, 0.6) is 0 Å². The molecule has 0 aliphatic heterocycles. The van der Waals surface area contributed by atoms with Gasteiger partial charge in [-0.25, -0.2) is 8.78 Å². The van der Waals surface area contributed by atoms with E-state index in [1.807, 2.05) is 6.07 Å². The number of nitriles is 1. The van der Waals surface area contributed by atoms with E-state index in [1.54, 1.807) is 24.3 Å². The third-order valence-electron chi connectivity index (χ3n) is 2.71. The molecule has 1 N–H and O–H groups in total. The summed E-state index contributed by atoms with van der Waals surface area (Å²) in [5, 5.41) is 11.1. The zero-order chi connectivity index (χ0) is 14.5. The van der Waals surface area contributed by atoms with Crippen LogP contribution in [0.25, 0.3) is 0 Å². The van der Waals surface area contributed by atoms with Crippen LogP contribution in [0.1, 0.15) is 21.5 Å². The lowest BCUT2D eigenvalue weighted by Crippen LogP contribution is -2.24. The highest BCUT2D eigenvalue weighted by Crippen LogP contribution is 2.10. The second-order valence-corrected chi connectivity index (χ2v) is 4.12. The number of benzene rings is 2. The van der Waals surface area contributed by atoms with Gasteiger partial charge >= 0.3 is 0 Å². The van der Waals surface area contributed by atoms with Crippen LogP contribution in [0, 0.1) is 23.0 Å². The van der Waals surface area contributed by atoms with Crippen LogP contribution >= 0.6 is 0 Å². The number of nitrogens with one attached hydrogen (secondary N) is 1. The molecule has 1 amide bonds. The molecule has 0 heterocycles. The summed E-state index contributed by atoms with van der Waals surface area (Å²) >= 11 is 0.